The summed E-state index contributed by atoms with van der Waals surface area (Å²) in [4.78, 5) is 37.3. The second-order valence-corrected chi connectivity index (χ2v) is 6.88. The summed E-state index contributed by atoms with van der Waals surface area (Å²) in [5.74, 6) is -3.87. The van der Waals surface area contributed by atoms with Crippen molar-refractivity contribution in [3.8, 4) is 0 Å². The number of aryl methyl sites for hydroxylation is 1. The van der Waals surface area contributed by atoms with Crippen LogP contribution in [0.15, 0.2) is 54.1 Å². The minimum atomic E-state index is -1.13. The minimum absolute atomic E-state index is 0.0550. The van der Waals surface area contributed by atoms with E-state index in [1.54, 1.807) is 30.3 Å². The number of likely N-dealkylation sites (tertiary alicyclic amines) is 1. The van der Waals surface area contributed by atoms with Gasteiger partial charge in [-0.3, -0.25) is 14.4 Å². The number of aliphatic hydroxyl groups is 1. The summed E-state index contributed by atoms with van der Waals surface area (Å²) in [5.41, 5.74) is 1.14. The monoisotopic (exact) mass is 397 g/mol. The lowest BCUT2D eigenvalue weighted by molar-refractivity contribution is -0.140. The number of aliphatic carboxylic acids is 1. The smallest absolute Gasteiger partial charge is 0.303 e. The molecular formula is C22H20FNO5. The molecule has 2 N–H and O–H groups in total. The summed E-state index contributed by atoms with van der Waals surface area (Å²) in [6.07, 6.45) is -0.108. The van der Waals surface area contributed by atoms with Crippen LogP contribution in [0.5, 0.6) is 0 Å². The van der Waals surface area contributed by atoms with Crippen molar-refractivity contribution in [2.75, 3.05) is 6.54 Å². The summed E-state index contributed by atoms with van der Waals surface area (Å²) < 4.78 is 14.6. The van der Waals surface area contributed by atoms with Crippen LogP contribution in [0.1, 0.15) is 35.6 Å². The minimum Gasteiger partial charge on any atom is -0.507 e. The van der Waals surface area contributed by atoms with Crippen LogP contribution in [-0.4, -0.2) is 39.3 Å². The van der Waals surface area contributed by atoms with E-state index in [9.17, 15) is 23.9 Å². The van der Waals surface area contributed by atoms with Crippen molar-refractivity contribution >= 4 is 23.4 Å². The molecule has 3 rings (SSSR count). The Balaban J connectivity index is 2.12. The van der Waals surface area contributed by atoms with E-state index in [0.29, 0.717) is 5.56 Å². The molecular weight excluding hydrogens is 377 g/mol. The van der Waals surface area contributed by atoms with Crippen LogP contribution in [0.3, 0.4) is 0 Å². The Morgan fingerprint density at radius 2 is 1.72 bits per heavy atom. The lowest BCUT2D eigenvalue weighted by Gasteiger charge is -2.25. The van der Waals surface area contributed by atoms with Gasteiger partial charge in [-0.2, -0.15) is 0 Å². The molecule has 0 spiro atoms. The van der Waals surface area contributed by atoms with Crippen molar-refractivity contribution in [1.29, 1.82) is 0 Å². The molecule has 1 saturated heterocycles. The molecule has 0 aliphatic carbocycles. The predicted molar refractivity (Wildman–Crippen MR) is 103 cm³/mol. The topological polar surface area (TPSA) is 94.9 Å². The van der Waals surface area contributed by atoms with Gasteiger partial charge in [0.2, 0.25) is 0 Å². The molecule has 0 aromatic heterocycles. The molecule has 0 saturated carbocycles. The molecule has 150 valence electrons. The highest BCUT2D eigenvalue weighted by atomic mass is 19.1. The molecule has 1 amide bonds. The first-order valence-corrected chi connectivity index (χ1v) is 9.13. The maximum absolute atomic E-state index is 14.6. The number of benzene rings is 2. The number of carbonyl (C=O) groups is 3. The van der Waals surface area contributed by atoms with E-state index in [4.69, 9.17) is 5.11 Å². The molecule has 1 unspecified atom stereocenters. The molecule has 1 aliphatic rings. The molecule has 2 aromatic rings. The van der Waals surface area contributed by atoms with E-state index in [1.165, 1.54) is 18.2 Å². The quantitative estimate of drug-likeness (QED) is 0.442. The van der Waals surface area contributed by atoms with Gasteiger partial charge < -0.3 is 15.1 Å². The Bertz CT molecular complexity index is 997. The maximum atomic E-state index is 14.6. The molecule has 0 radical (unpaired) electrons. The van der Waals surface area contributed by atoms with Crippen LogP contribution in [0.25, 0.3) is 5.76 Å². The van der Waals surface area contributed by atoms with Gasteiger partial charge in [-0.05, 0) is 19.4 Å². The first kappa shape index (κ1) is 20.3. The second-order valence-electron chi connectivity index (χ2n) is 6.88. The summed E-state index contributed by atoms with van der Waals surface area (Å²) in [7, 11) is 0. The number of nitrogens with zero attached hydrogens (tertiary/aromatic N) is 1. The van der Waals surface area contributed by atoms with E-state index in [1.807, 2.05) is 6.92 Å². The molecule has 7 heteroatoms. The average Bonchev–Trinajstić information content (AvgIpc) is 2.93. The first-order chi connectivity index (χ1) is 13.8. The number of ketones is 1. The van der Waals surface area contributed by atoms with Crippen molar-refractivity contribution in [3.63, 3.8) is 0 Å². The van der Waals surface area contributed by atoms with Gasteiger partial charge in [-0.25, -0.2) is 4.39 Å². The number of Topliss-reactive ketones (excluding diaryl/α,β-unsaturated/α-hetero) is 1. The Labute approximate surface area is 166 Å². The second kappa shape index (κ2) is 8.26. The third-order valence-corrected chi connectivity index (χ3v) is 4.85. The highest BCUT2D eigenvalue weighted by Gasteiger charge is 2.46. The Morgan fingerprint density at radius 1 is 1.07 bits per heavy atom. The van der Waals surface area contributed by atoms with E-state index < -0.39 is 35.3 Å². The number of aliphatic hydroxyl groups excluding tert-OH is 1. The van der Waals surface area contributed by atoms with Gasteiger partial charge in [0.15, 0.2) is 0 Å². The Morgan fingerprint density at radius 3 is 2.34 bits per heavy atom. The molecule has 1 heterocycles. The summed E-state index contributed by atoms with van der Waals surface area (Å²) >= 11 is 0. The number of carboxylic acid groups (broad SMARTS) is 1. The Kier molecular flexibility index (Phi) is 5.77. The fourth-order valence-corrected chi connectivity index (χ4v) is 3.40. The largest absolute Gasteiger partial charge is 0.507 e. The molecule has 1 atom stereocenters. The van der Waals surface area contributed by atoms with Crippen LogP contribution >= 0.6 is 0 Å². The number of halogens is 1. The highest BCUT2D eigenvalue weighted by molar-refractivity contribution is 6.46. The number of carbonyl (C=O) groups excluding carboxylic acids is 2. The predicted octanol–water partition coefficient (Wildman–Crippen LogP) is 3.42. The zero-order valence-electron chi connectivity index (χ0n) is 15.8. The number of hydrogen-bond acceptors (Lipinski definition) is 4. The third-order valence-electron chi connectivity index (χ3n) is 4.85. The molecule has 29 heavy (non-hydrogen) atoms. The Hall–Kier alpha value is -3.48. The van der Waals surface area contributed by atoms with Crippen molar-refractivity contribution in [2.24, 2.45) is 0 Å². The normalized spacial score (nSPS) is 18.3. The van der Waals surface area contributed by atoms with Crippen LogP contribution < -0.4 is 0 Å². The van der Waals surface area contributed by atoms with Crippen molar-refractivity contribution < 1.29 is 29.0 Å². The highest BCUT2D eigenvalue weighted by Crippen LogP contribution is 2.40. The van der Waals surface area contributed by atoms with Gasteiger partial charge >= 0.3 is 5.97 Å². The van der Waals surface area contributed by atoms with Crippen LogP contribution in [-0.2, 0) is 14.4 Å². The lowest BCUT2D eigenvalue weighted by Crippen LogP contribution is -2.31. The molecule has 1 fully saturated rings. The van der Waals surface area contributed by atoms with Gasteiger partial charge in [-0.1, -0.05) is 48.0 Å². The molecule has 2 aromatic carbocycles. The average molecular weight is 397 g/mol. The summed E-state index contributed by atoms with van der Waals surface area (Å²) in [5, 5.41) is 19.7. The SMILES string of the molecule is Cc1ccc(/C(O)=C2/C(=O)C(=O)N(CCCC(=O)O)C2c2ccccc2F)cc1. The van der Waals surface area contributed by atoms with Crippen molar-refractivity contribution in [1.82, 2.24) is 4.90 Å². The van der Waals surface area contributed by atoms with E-state index in [0.717, 1.165) is 10.5 Å². The van der Waals surface area contributed by atoms with Crippen LogP contribution in [0.2, 0.25) is 0 Å². The van der Waals surface area contributed by atoms with Crippen LogP contribution in [0.4, 0.5) is 4.39 Å². The zero-order chi connectivity index (χ0) is 21.1. The van der Waals surface area contributed by atoms with Crippen molar-refractivity contribution in [3.05, 3.63) is 76.6 Å². The van der Waals surface area contributed by atoms with Gasteiger partial charge in [0.05, 0.1) is 11.6 Å². The molecule has 6 nitrogen and oxygen atoms in total. The molecule has 0 bridgehead atoms. The summed E-state index contributed by atoms with van der Waals surface area (Å²) in [6, 6.07) is 11.3. The zero-order valence-corrected chi connectivity index (χ0v) is 15.8. The van der Waals surface area contributed by atoms with Crippen molar-refractivity contribution in [2.45, 2.75) is 25.8 Å². The van der Waals surface area contributed by atoms with Gasteiger partial charge in [0, 0.05) is 24.1 Å². The van der Waals surface area contributed by atoms with E-state index >= 15 is 0 Å². The number of rotatable bonds is 6. The van der Waals surface area contributed by atoms with E-state index in [2.05, 4.69) is 0 Å². The fraction of sp³-hybridized carbons (Fsp3) is 0.227. The third kappa shape index (κ3) is 4.03. The fourth-order valence-electron chi connectivity index (χ4n) is 3.40. The number of amides is 1. The van der Waals surface area contributed by atoms with Gasteiger partial charge in [0.1, 0.15) is 11.6 Å². The lowest BCUT2D eigenvalue weighted by atomic mass is 9.94. The van der Waals surface area contributed by atoms with Crippen LogP contribution in [0, 0.1) is 12.7 Å². The molecule has 1 aliphatic heterocycles. The maximum Gasteiger partial charge on any atom is 0.303 e. The van der Waals surface area contributed by atoms with Gasteiger partial charge in [0.25, 0.3) is 11.7 Å². The number of hydrogen-bond donors (Lipinski definition) is 2. The van der Waals surface area contributed by atoms with E-state index in [-0.39, 0.29) is 30.5 Å². The van der Waals surface area contributed by atoms with Gasteiger partial charge in [-0.15, -0.1) is 0 Å². The first-order valence-electron chi connectivity index (χ1n) is 9.13. The standard InChI is InChI=1S/C22H20FNO5/c1-13-8-10-14(11-9-13)20(27)18-19(15-5-2-3-6-16(15)23)24(22(29)21(18)28)12-4-7-17(25)26/h2-3,5-6,8-11,19,27H,4,7,12H2,1H3,(H,25,26)/b20-18-. The summed E-state index contributed by atoms with van der Waals surface area (Å²) in [6.45, 7) is 1.81. The number of carboxylic acids is 1.